The van der Waals surface area contributed by atoms with E-state index in [2.05, 4.69) is 18.8 Å². The van der Waals surface area contributed by atoms with Crippen LogP contribution in [0.25, 0.3) is 16.7 Å². The number of carbonyl (C=O) groups is 1. The summed E-state index contributed by atoms with van der Waals surface area (Å²) in [6.45, 7) is 5.90. The van der Waals surface area contributed by atoms with Gasteiger partial charge >= 0.3 is 0 Å². The Kier molecular flexibility index (Phi) is 3.82. The number of amides is 1. The molecule has 0 N–H and O–H groups in total. The highest BCUT2D eigenvalue weighted by molar-refractivity contribution is 5.80. The van der Waals surface area contributed by atoms with Gasteiger partial charge in [-0.3, -0.25) is 14.2 Å². The van der Waals surface area contributed by atoms with Crippen molar-refractivity contribution in [3.05, 3.63) is 47.0 Å². The lowest BCUT2D eigenvalue weighted by molar-refractivity contribution is -0.134. The second-order valence-corrected chi connectivity index (χ2v) is 7.25. The molecule has 6 heteroatoms. The number of aromatic nitrogens is 3. The van der Waals surface area contributed by atoms with Gasteiger partial charge < -0.3 is 9.30 Å². The standard InChI is InChI=1S/C19H22N4O2/c1-13-9-14(2)11-21(10-13)17(24)12-23-18-15(5-3-7-20-18)22-8-4-6-16(22)19(23)25/h3-8,13-14H,9-12H2,1-2H3/t13-,14+. The molecule has 25 heavy (non-hydrogen) atoms. The van der Waals surface area contributed by atoms with Crippen molar-refractivity contribution in [2.75, 3.05) is 13.1 Å². The van der Waals surface area contributed by atoms with E-state index < -0.39 is 0 Å². The quantitative estimate of drug-likeness (QED) is 0.719. The summed E-state index contributed by atoms with van der Waals surface area (Å²) in [5.41, 5.74) is 1.76. The molecule has 3 aromatic heterocycles. The molecule has 2 atom stereocenters. The molecule has 1 fully saturated rings. The topological polar surface area (TPSA) is 59.6 Å². The van der Waals surface area contributed by atoms with Gasteiger partial charge in [-0.25, -0.2) is 4.98 Å². The number of piperidine rings is 1. The van der Waals surface area contributed by atoms with Crippen LogP contribution in [0.3, 0.4) is 0 Å². The van der Waals surface area contributed by atoms with Crippen molar-refractivity contribution in [3.8, 4) is 0 Å². The average molecular weight is 338 g/mol. The van der Waals surface area contributed by atoms with Crippen molar-refractivity contribution in [2.24, 2.45) is 11.8 Å². The number of fused-ring (bicyclic) bond motifs is 3. The molecule has 4 heterocycles. The van der Waals surface area contributed by atoms with Crippen LogP contribution in [0, 0.1) is 11.8 Å². The molecule has 0 spiro atoms. The molecule has 0 bridgehead atoms. The van der Waals surface area contributed by atoms with Crippen LogP contribution in [0.4, 0.5) is 0 Å². The molecule has 1 aliphatic rings. The van der Waals surface area contributed by atoms with Crippen molar-refractivity contribution in [2.45, 2.75) is 26.8 Å². The molecule has 0 aliphatic carbocycles. The number of pyridine rings is 1. The van der Waals surface area contributed by atoms with E-state index in [1.54, 1.807) is 12.3 Å². The highest BCUT2D eigenvalue weighted by atomic mass is 16.2. The molecule has 0 saturated carbocycles. The number of likely N-dealkylation sites (tertiary alicyclic amines) is 1. The van der Waals surface area contributed by atoms with Gasteiger partial charge in [0.1, 0.15) is 12.1 Å². The van der Waals surface area contributed by atoms with Gasteiger partial charge in [-0.05, 0) is 42.5 Å². The van der Waals surface area contributed by atoms with E-state index in [1.165, 1.54) is 4.57 Å². The molecule has 6 nitrogen and oxygen atoms in total. The molecule has 3 aromatic rings. The van der Waals surface area contributed by atoms with Crippen molar-refractivity contribution < 1.29 is 4.79 Å². The van der Waals surface area contributed by atoms with Gasteiger partial charge in [0.15, 0.2) is 5.65 Å². The lowest BCUT2D eigenvalue weighted by atomic mass is 9.92. The van der Waals surface area contributed by atoms with Crippen LogP contribution in [0.15, 0.2) is 41.5 Å². The van der Waals surface area contributed by atoms with E-state index in [1.807, 2.05) is 33.7 Å². The Morgan fingerprint density at radius 1 is 1.16 bits per heavy atom. The zero-order valence-electron chi connectivity index (χ0n) is 14.6. The molecule has 1 aliphatic heterocycles. The monoisotopic (exact) mass is 338 g/mol. The molecule has 0 unspecified atom stereocenters. The minimum atomic E-state index is -0.178. The first kappa shape index (κ1) is 15.9. The van der Waals surface area contributed by atoms with Crippen LogP contribution in [-0.4, -0.2) is 37.8 Å². The van der Waals surface area contributed by atoms with Crippen LogP contribution >= 0.6 is 0 Å². The maximum Gasteiger partial charge on any atom is 0.276 e. The Hall–Kier alpha value is -2.63. The van der Waals surface area contributed by atoms with E-state index in [0.29, 0.717) is 23.0 Å². The Labute approximate surface area is 145 Å². The summed E-state index contributed by atoms with van der Waals surface area (Å²) in [7, 11) is 0. The number of hydrogen-bond acceptors (Lipinski definition) is 3. The van der Waals surface area contributed by atoms with Crippen LogP contribution in [0.2, 0.25) is 0 Å². The molecule has 0 radical (unpaired) electrons. The maximum absolute atomic E-state index is 12.9. The average Bonchev–Trinajstić information content (AvgIpc) is 3.07. The zero-order chi connectivity index (χ0) is 17.6. The summed E-state index contributed by atoms with van der Waals surface area (Å²) in [4.78, 5) is 32.0. The first-order chi connectivity index (χ1) is 12.0. The summed E-state index contributed by atoms with van der Waals surface area (Å²) in [5, 5.41) is 0. The first-order valence-electron chi connectivity index (χ1n) is 8.77. The minimum Gasteiger partial charge on any atom is -0.341 e. The summed E-state index contributed by atoms with van der Waals surface area (Å²) in [5.74, 6) is 0.975. The number of nitrogens with zero attached hydrogens (tertiary/aromatic N) is 4. The highest BCUT2D eigenvalue weighted by Gasteiger charge is 2.26. The van der Waals surface area contributed by atoms with Gasteiger partial charge in [-0.15, -0.1) is 0 Å². The summed E-state index contributed by atoms with van der Waals surface area (Å²) in [6, 6.07) is 7.37. The van der Waals surface area contributed by atoms with Crippen molar-refractivity contribution >= 4 is 22.6 Å². The lowest BCUT2D eigenvalue weighted by Crippen LogP contribution is -2.45. The van der Waals surface area contributed by atoms with Gasteiger partial charge in [0.25, 0.3) is 5.56 Å². The van der Waals surface area contributed by atoms with E-state index in [4.69, 9.17) is 0 Å². The van der Waals surface area contributed by atoms with Crippen LogP contribution in [0.1, 0.15) is 20.3 Å². The van der Waals surface area contributed by atoms with Gasteiger partial charge in [0, 0.05) is 25.5 Å². The van der Waals surface area contributed by atoms with E-state index in [-0.39, 0.29) is 18.0 Å². The number of rotatable bonds is 2. The third-order valence-electron chi connectivity index (χ3n) is 5.01. The second kappa shape index (κ2) is 6.02. The molecular formula is C19H22N4O2. The number of carbonyl (C=O) groups excluding carboxylic acids is 1. The van der Waals surface area contributed by atoms with E-state index in [0.717, 1.165) is 25.0 Å². The molecule has 4 rings (SSSR count). The molecule has 1 amide bonds. The second-order valence-electron chi connectivity index (χ2n) is 7.25. The zero-order valence-corrected chi connectivity index (χ0v) is 14.6. The third kappa shape index (κ3) is 2.71. The fourth-order valence-electron chi connectivity index (χ4n) is 4.03. The maximum atomic E-state index is 12.9. The van der Waals surface area contributed by atoms with Crippen molar-refractivity contribution in [3.63, 3.8) is 0 Å². The van der Waals surface area contributed by atoms with Crippen LogP contribution in [0.5, 0.6) is 0 Å². The predicted molar refractivity (Wildman–Crippen MR) is 96.5 cm³/mol. The Morgan fingerprint density at radius 3 is 2.64 bits per heavy atom. The van der Waals surface area contributed by atoms with Crippen LogP contribution in [-0.2, 0) is 11.3 Å². The Bertz CT molecular complexity index is 993. The lowest BCUT2D eigenvalue weighted by Gasteiger charge is -2.35. The SMILES string of the molecule is C[C@@H]1C[C@H](C)CN(C(=O)Cn2c(=O)c3cccn3c3cccnc32)C1. The summed E-state index contributed by atoms with van der Waals surface area (Å²) in [6.07, 6.45) is 4.65. The smallest absolute Gasteiger partial charge is 0.276 e. The largest absolute Gasteiger partial charge is 0.341 e. The molecular weight excluding hydrogens is 316 g/mol. The van der Waals surface area contributed by atoms with Gasteiger partial charge in [0.2, 0.25) is 5.91 Å². The van der Waals surface area contributed by atoms with Gasteiger partial charge in [-0.2, -0.15) is 0 Å². The van der Waals surface area contributed by atoms with Crippen LogP contribution < -0.4 is 5.56 Å². The first-order valence-corrected chi connectivity index (χ1v) is 8.77. The summed E-state index contributed by atoms with van der Waals surface area (Å²) >= 11 is 0. The third-order valence-corrected chi connectivity index (χ3v) is 5.01. The predicted octanol–water partition coefficient (Wildman–Crippen LogP) is 2.15. The van der Waals surface area contributed by atoms with Gasteiger partial charge in [0.05, 0.1) is 5.52 Å². The highest BCUT2D eigenvalue weighted by Crippen LogP contribution is 2.21. The minimum absolute atomic E-state index is 0.0108. The van der Waals surface area contributed by atoms with Crippen molar-refractivity contribution in [1.82, 2.24) is 18.9 Å². The molecule has 0 aromatic carbocycles. The normalized spacial score (nSPS) is 21.1. The Balaban J connectivity index is 1.77. The van der Waals surface area contributed by atoms with E-state index >= 15 is 0 Å². The van der Waals surface area contributed by atoms with Gasteiger partial charge in [-0.1, -0.05) is 13.8 Å². The van der Waals surface area contributed by atoms with Crippen molar-refractivity contribution in [1.29, 1.82) is 0 Å². The number of hydrogen-bond donors (Lipinski definition) is 0. The molecule has 1 saturated heterocycles. The van der Waals surface area contributed by atoms with E-state index in [9.17, 15) is 9.59 Å². The Morgan fingerprint density at radius 2 is 1.88 bits per heavy atom. The summed E-state index contributed by atoms with van der Waals surface area (Å²) < 4.78 is 3.34. The molecule has 130 valence electrons. The fraction of sp³-hybridized carbons (Fsp3) is 0.421. The fourth-order valence-corrected chi connectivity index (χ4v) is 4.03.